The second kappa shape index (κ2) is 10.1. The number of halogens is 3. The summed E-state index contributed by atoms with van der Waals surface area (Å²) in [5.41, 5.74) is 3.16. The molecule has 14 heteroatoms. The number of hydrogen-bond acceptors (Lipinski definition) is 8. The third kappa shape index (κ3) is 5.12. The van der Waals surface area contributed by atoms with Crippen LogP contribution < -0.4 is 10.6 Å². The highest BCUT2D eigenvalue weighted by Crippen LogP contribution is 2.34. The van der Waals surface area contributed by atoms with Crippen LogP contribution in [-0.4, -0.2) is 41.3 Å². The summed E-state index contributed by atoms with van der Waals surface area (Å²) in [6, 6.07) is 11.9. The molecule has 1 aliphatic rings. The molecule has 0 spiro atoms. The van der Waals surface area contributed by atoms with E-state index in [0.29, 0.717) is 18.4 Å². The van der Waals surface area contributed by atoms with Gasteiger partial charge in [-0.1, -0.05) is 24.3 Å². The van der Waals surface area contributed by atoms with E-state index in [-0.39, 0.29) is 29.8 Å². The first kappa shape index (κ1) is 25.6. The number of fused-ring (bicyclic) bond motifs is 2. The van der Waals surface area contributed by atoms with Gasteiger partial charge in [0.15, 0.2) is 5.82 Å². The first-order valence-electron chi connectivity index (χ1n) is 12.1. The van der Waals surface area contributed by atoms with Crippen molar-refractivity contribution in [2.45, 2.75) is 31.6 Å². The minimum absolute atomic E-state index is 0.0386. The summed E-state index contributed by atoms with van der Waals surface area (Å²) < 4.78 is 43.7. The molecule has 2 amide bonds. The number of H-pyrrole nitrogens is 1. The van der Waals surface area contributed by atoms with E-state index in [4.69, 9.17) is 0 Å². The number of nitrogens with one attached hydrogen (secondary N) is 3. The van der Waals surface area contributed by atoms with Crippen LogP contribution in [0.5, 0.6) is 0 Å². The van der Waals surface area contributed by atoms with Crippen molar-refractivity contribution in [2.24, 2.45) is 0 Å². The minimum Gasteiger partial charge on any atom is -0.347 e. The van der Waals surface area contributed by atoms with E-state index in [0.717, 1.165) is 33.1 Å². The molecule has 1 aliphatic carbocycles. The van der Waals surface area contributed by atoms with E-state index < -0.39 is 23.8 Å². The van der Waals surface area contributed by atoms with Crippen LogP contribution in [0.2, 0.25) is 0 Å². The lowest BCUT2D eigenvalue weighted by Gasteiger charge is -2.14. The Labute approximate surface area is 228 Å². The number of carbonyl (C=O) groups is 2. The van der Waals surface area contributed by atoms with Gasteiger partial charge in [-0.05, 0) is 53.2 Å². The molecule has 0 fully saturated rings. The van der Waals surface area contributed by atoms with Crippen LogP contribution in [0.3, 0.4) is 0 Å². The van der Waals surface area contributed by atoms with Crippen LogP contribution in [0.15, 0.2) is 55.0 Å². The molecule has 5 aromatic rings. The van der Waals surface area contributed by atoms with Crippen molar-refractivity contribution in [3.8, 4) is 11.4 Å². The number of aromatic nitrogens is 6. The number of aryl methyl sites for hydroxylation is 1. The Hall–Kier alpha value is -4.72. The third-order valence-corrected chi connectivity index (χ3v) is 7.31. The summed E-state index contributed by atoms with van der Waals surface area (Å²) in [4.78, 5) is 37.2. The van der Waals surface area contributed by atoms with Crippen LogP contribution in [0.25, 0.3) is 21.5 Å². The van der Waals surface area contributed by atoms with E-state index in [1.807, 2.05) is 23.3 Å². The Morgan fingerprint density at radius 2 is 1.88 bits per heavy atom. The van der Waals surface area contributed by atoms with Gasteiger partial charge in [0.2, 0.25) is 5.82 Å². The predicted molar refractivity (Wildman–Crippen MR) is 138 cm³/mol. The summed E-state index contributed by atoms with van der Waals surface area (Å²) >= 11 is 1.38. The molecule has 202 valence electrons. The van der Waals surface area contributed by atoms with Crippen molar-refractivity contribution < 1.29 is 22.8 Å². The normalized spacial score (nSPS) is 14.7. The lowest BCUT2D eigenvalue weighted by atomic mass is 10.0. The Balaban J connectivity index is 1.11. The number of benzene rings is 2. The van der Waals surface area contributed by atoms with Gasteiger partial charge in [-0.2, -0.15) is 22.6 Å². The monoisotopic (exact) mass is 564 g/mol. The second-order valence-electron chi connectivity index (χ2n) is 9.15. The summed E-state index contributed by atoms with van der Waals surface area (Å²) in [5, 5.41) is 12.3. The SMILES string of the molecule is O=C(NCc1ccc2cnsc2c1)c1cc(C(=O)N[C@@H]2CCc3cc(-c4n[nH]c(C(F)(F)F)n4)ccc32)ncn1. The number of aromatic amines is 1. The predicted octanol–water partition coefficient (Wildman–Crippen LogP) is 4.24. The first-order valence-corrected chi connectivity index (χ1v) is 12.9. The van der Waals surface area contributed by atoms with Gasteiger partial charge < -0.3 is 10.6 Å². The van der Waals surface area contributed by atoms with E-state index >= 15 is 0 Å². The van der Waals surface area contributed by atoms with Crippen LogP contribution in [-0.2, 0) is 19.1 Å². The van der Waals surface area contributed by atoms with Gasteiger partial charge in [0.05, 0.1) is 10.7 Å². The van der Waals surface area contributed by atoms with Gasteiger partial charge in [0.1, 0.15) is 17.7 Å². The number of carbonyl (C=O) groups excluding carboxylic acids is 2. The number of rotatable bonds is 6. The molecule has 0 unspecified atom stereocenters. The molecule has 3 N–H and O–H groups in total. The van der Waals surface area contributed by atoms with Crippen LogP contribution in [0.1, 0.15) is 56.0 Å². The van der Waals surface area contributed by atoms with E-state index in [2.05, 4.69) is 35.1 Å². The van der Waals surface area contributed by atoms with Gasteiger partial charge in [0.25, 0.3) is 11.8 Å². The van der Waals surface area contributed by atoms with Gasteiger partial charge in [-0.3, -0.25) is 14.7 Å². The third-order valence-electron chi connectivity index (χ3n) is 6.54. The molecule has 40 heavy (non-hydrogen) atoms. The maximum absolute atomic E-state index is 13.0. The van der Waals surface area contributed by atoms with Crippen LogP contribution >= 0.6 is 11.5 Å². The maximum Gasteiger partial charge on any atom is 0.451 e. The van der Waals surface area contributed by atoms with Crippen LogP contribution in [0, 0.1) is 0 Å². The average Bonchev–Trinajstić information content (AvgIpc) is 3.71. The standard InChI is InChI=1S/C26H19F3N8O2S/c27-26(28,29)25-35-22(36-37-25)15-3-5-17-14(8-15)4-6-18(17)34-24(39)20-9-19(31-12-32-20)23(38)30-10-13-1-2-16-11-33-40-21(16)7-13/h1-3,5,7-9,11-12,18H,4,6,10H2,(H,30,38)(H,34,39)(H,35,36,37)/t18-/m1/s1. The van der Waals surface area contributed by atoms with Crippen molar-refractivity contribution in [3.63, 3.8) is 0 Å². The molecule has 2 aromatic carbocycles. The fraction of sp³-hybridized carbons (Fsp3) is 0.192. The largest absolute Gasteiger partial charge is 0.451 e. The van der Waals surface area contributed by atoms with Crippen molar-refractivity contribution in [3.05, 3.63) is 88.9 Å². The Bertz CT molecular complexity index is 1750. The van der Waals surface area contributed by atoms with Gasteiger partial charge in [0, 0.05) is 29.8 Å². The first-order chi connectivity index (χ1) is 19.2. The molecule has 0 saturated carbocycles. The Morgan fingerprint density at radius 3 is 2.67 bits per heavy atom. The number of hydrogen-bond donors (Lipinski definition) is 3. The number of nitrogens with zero attached hydrogens (tertiary/aromatic N) is 5. The second-order valence-corrected chi connectivity index (χ2v) is 9.99. The average molecular weight is 565 g/mol. The summed E-state index contributed by atoms with van der Waals surface area (Å²) in [6.45, 7) is 0.282. The highest BCUT2D eigenvalue weighted by molar-refractivity contribution is 7.13. The molecular weight excluding hydrogens is 545 g/mol. The molecule has 3 aromatic heterocycles. The molecule has 3 heterocycles. The highest BCUT2D eigenvalue weighted by atomic mass is 32.1. The van der Waals surface area contributed by atoms with E-state index in [1.165, 1.54) is 17.6 Å². The Kier molecular flexibility index (Phi) is 6.46. The Morgan fingerprint density at radius 1 is 1.05 bits per heavy atom. The molecular formula is C26H19F3N8O2S. The summed E-state index contributed by atoms with van der Waals surface area (Å²) in [7, 11) is 0. The van der Waals surface area contributed by atoms with Gasteiger partial charge in [-0.15, -0.1) is 0 Å². The topological polar surface area (TPSA) is 138 Å². The molecule has 0 saturated heterocycles. The number of amides is 2. The molecule has 1 atom stereocenters. The van der Waals surface area contributed by atoms with Crippen molar-refractivity contribution in [1.29, 1.82) is 0 Å². The number of alkyl halides is 3. The fourth-order valence-corrected chi connectivity index (χ4v) is 5.26. The zero-order chi connectivity index (χ0) is 27.9. The lowest BCUT2D eigenvalue weighted by molar-refractivity contribution is -0.144. The lowest BCUT2D eigenvalue weighted by Crippen LogP contribution is -2.29. The van der Waals surface area contributed by atoms with E-state index in [1.54, 1.807) is 24.4 Å². The maximum atomic E-state index is 13.0. The van der Waals surface area contributed by atoms with Crippen molar-refractivity contribution in [1.82, 2.24) is 40.2 Å². The zero-order valence-electron chi connectivity index (χ0n) is 20.5. The minimum atomic E-state index is -4.62. The fourth-order valence-electron chi connectivity index (χ4n) is 4.55. The molecule has 6 rings (SSSR count). The smallest absolute Gasteiger partial charge is 0.347 e. The van der Waals surface area contributed by atoms with Gasteiger partial charge >= 0.3 is 6.18 Å². The molecule has 0 radical (unpaired) electrons. The molecule has 10 nitrogen and oxygen atoms in total. The quantitative estimate of drug-likeness (QED) is 0.280. The van der Waals surface area contributed by atoms with Gasteiger partial charge in [-0.25, -0.2) is 15.0 Å². The zero-order valence-corrected chi connectivity index (χ0v) is 21.3. The highest BCUT2D eigenvalue weighted by Gasteiger charge is 2.35. The molecule has 0 aliphatic heterocycles. The summed E-state index contributed by atoms with van der Waals surface area (Å²) in [5.74, 6) is -2.14. The molecule has 0 bridgehead atoms. The van der Waals surface area contributed by atoms with Crippen molar-refractivity contribution in [2.75, 3.05) is 0 Å². The van der Waals surface area contributed by atoms with Crippen LogP contribution in [0.4, 0.5) is 13.2 Å². The van der Waals surface area contributed by atoms with E-state index in [9.17, 15) is 22.8 Å². The van der Waals surface area contributed by atoms with Crippen molar-refractivity contribution >= 4 is 33.4 Å². The summed E-state index contributed by atoms with van der Waals surface area (Å²) in [6.07, 6.45) is -0.472.